The van der Waals surface area contributed by atoms with Crippen LogP contribution >= 0.6 is 0 Å². The van der Waals surface area contributed by atoms with Crippen LogP contribution in [-0.4, -0.2) is 52.7 Å². The van der Waals surface area contributed by atoms with E-state index in [2.05, 4.69) is 20.9 Å². The smallest absolute Gasteiger partial charge is 0.410 e. The molecule has 3 aromatic heterocycles. The molecule has 1 N–H and O–H groups in total. The number of anilines is 1. The Balaban J connectivity index is 1.36. The number of nitrogens with zero attached hydrogens (tertiary/aromatic N) is 4. The number of amides is 1. The van der Waals surface area contributed by atoms with Crippen molar-refractivity contribution in [2.24, 2.45) is 0 Å². The Kier molecular flexibility index (Phi) is 5.69. The number of rotatable bonds is 3. The fraction of sp³-hybridized carbons (Fsp3) is 0.296. The largest absolute Gasteiger partial charge is 0.454 e. The maximum Gasteiger partial charge on any atom is 0.410 e. The predicted octanol–water partition coefficient (Wildman–Crippen LogP) is 5.42. The van der Waals surface area contributed by atoms with Crippen molar-refractivity contribution in [3.63, 3.8) is 0 Å². The molecular weight excluding hydrogens is 442 g/mol. The summed E-state index contributed by atoms with van der Waals surface area (Å²) in [5, 5.41) is 10.8. The first kappa shape index (κ1) is 22.5. The quantitative estimate of drug-likeness (QED) is 0.430. The molecule has 0 spiro atoms. The van der Waals surface area contributed by atoms with Crippen LogP contribution in [0.5, 0.6) is 0 Å². The lowest BCUT2D eigenvalue weighted by Gasteiger charge is -2.36. The molecular formula is C27H27N5O3. The highest BCUT2D eigenvalue weighted by molar-refractivity contribution is 5.83. The molecule has 1 aliphatic rings. The van der Waals surface area contributed by atoms with E-state index in [0.29, 0.717) is 37.5 Å². The third kappa shape index (κ3) is 4.71. The van der Waals surface area contributed by atoms with Crippen molar-refractivity contribution in [2.75, 3.05) is 31.1 Å². The summed E-state index contributed by atoms with van der Waals surface area (Å²) in [6.45, 7) is 7.85. The third-order valence-electron chi connectivity index (χ3n) is 5.91. The van der Waals surface area contributed by atoms with Gasteiger partial charge in [0.15, 0.2) is 5.76 Å². The fourth-order valence-electron chi connectivity index (χ4n) is 4.21. The van der Waals surface area contributed by atoms with Gasteiger partial charge in [-0.05, 0) is 51.1 Å². The van der Waals surface area contributed by atoms with Crippen LogP contribution in [0.1, 0.15) is 26.3 Å². The van der Waals surface area contributed by atoms with E-state index >= 15 is 0 Å². The minimum absolute atomic E-state index is 0.306. The number of carbonyl (C=O) groups excluding carboxylic acids is 1. The fourth-order valence-corrected chi connectivity index (χ4v) is 4.21. The summed E-state index contributed by atoms with van der Waals surface area (Å²) in [4.78, 5) is 24.1. The van der Waals surface area contributed by atoms with Crippen molar-refractivity contribution in [2.45, 2.75) is 26.4 Å². The number of hydrogen-bond donors (Lipinski definition) is 1. The van der Waals surface area contributed by atoms with E-state index in [-0.39, 0.29) is 6.09 Å². The minimum Gasteiger partial charge on any atom is -0.454 e. The second kappa shape index (κ2) is 8.84. The molecule has 0 bridgehead atoms. The lowest BCUT2D eigenvalue weighted by Crippen LogP contribution is -2.50. The second-order valence-corrected chi connectivity index (χ2v) is 9.59. The van der Waals surface area contributed by atoms with E-state index in [1.165, 1.54) is 0 Å². The Morgan fingerprint density at radius 2 is 1.89 bits per heavy atom. The number of piperazine rings is 1. The molecule has 4 aromatic rings. The first-order valence-electron chi connectivity index (χ1n) is 11.6. The molecule has 0 aliphatic carbocycles. The molecule has 1 saturated heterocycles. The van der Waals surface area contributed by atoms with Gasteiger partial charge in [0.25, 0.3) is 0 Å². The average Bonchev–Trinajstić information content (AvgIpc) is 3.48. The number of fused-ring (bicyclic) bond motifs is 1. The highest BCUT2D eigenvalue weighted by atomic mass is 16.6. The molecule has 5 rings (SSSR count). The van der Waals surface area contributed by atoms with E-state index < -0.39 is 5.60 Å². The Bertz CT molecular complexity index is 1380. The van der Waals surface area contributed by atoms with Crippen LogP contribution in [0.4, 0.5) is 10.6 Å². The number of H-pyrrole nitrogens is 1. The monoisotopic (exact) mass is 469 g/mol. The van der Waals surface area contributed by atoms with E-state index in [0.717, 1.165) is 33.7 Å². The predicted molar refractivity (Wildman–Crippen MR) is 134 cm³/mol. The van der Waals surface area contributed by atoms with Crippen molar-refractivity contribution < 1.29 is 13.9 Å². The zero-order valence-electron chi connectivity index (χ0n) is 20.0. The van der Waals surface area contributed by atoms with Crippen LogP contribution in [-0.2, 0) is 4.74 Å². The van der Waals surface area contributed by atoms with Gasteiger partial charge in [0.05, 0.1) is 5.56 Å². The molecule has 1 amide bonds. The van der Waals surface area contributed by atoms with Gasteiger partial charge in [-0.15, -0.1) is 0 Å². The zero-order valence-corrected chi connectivity index (χ0v) is 20.0. The number of nitriles is 1. The summed E-state index contributed by atoms with van der Waals surface area (Å²) in [7, 11) is 0. The van der Waals surface area contributed by atoms with Crippen LogP contribution in [0.2, 0.25) is 0 Å². The number of hydrogen-bond acceptors (Lipinski definition) is 6. The molecule has 8 heteroatoms. The number of nitrogens with one attached hydrogen (secondary N) is 1. The normalized spacial score (nSPS) is 14.2. The highest BCUT2D eigenvalue weighted by Gasteiger charge is 2.27. The topological polar surface area (TPSA) is 98.4 Å². The number of aromatic nitrogens is 2. The molecule has 1 aromatic carbocycles. The molecule has 1 aliphatic heterocycles. The summed E-state index contributed by atoms with van der Waals surface area (Å²) in [6, 6.07) is 17.8. The van der Waals surface area contributed by atoms with Gasteiger partial charge < -0.3 is 23.9 Å². The average molecular weight is 470 g/mol. The van der Waals surface area contributed by atoms with Crippen molar-refractivity contribution in [3.8, 4) is 28.8 Å². The number of pyridine rings is 1. The summed E-state index contributed by atoms with van der Waals surface area (Å²) < 4.78 is 11.5. The Hall–Kier alpha value is -4.25. The Morgan fingerprint density at radius 1 is 1.11 bits per heavy atom. The molecule has 1 fully saturated rings. The van der Waals surface area contributed by atoms with Gasteiger partial charge >= 0.3 is 6.09 Å². The first-order valence-corrected chi connectivity index (χ1v) is 11.6. The maximum absolute atomic E-state index is 12.4. The minimum atomic E-state index is -0.525. The molecule has 0 saturated carbocycles. The van der Waals surface area contributed by atoms with Gasteiger partial charge in [0.1, 0.15) is 28.8 Å². The highest BCUT2D eigenvalue weighted by Crippen LogP contribution is 2.32. The van der Waals surface area contributed by atoms with E-state index in [4.69, 9.17) is 9.15 Å². The molecule has 8 nitrogen and oxygen atoms in total. The number of benzene rings is 1. The Morgan fingerprint density at radius 3 is 2.60 bits per heavy atom. The van der Waals surface area contributed by atoms with Gasteiger partial charge in [-0.3, -0.25) is 4.98 Å². The standard InChI is InChI=1S/C27H27N5O3/c1-27(2,3)35-26(33)32-12-10-31(11-13-32)25-20(17-28)15-21(30-25)18-8-9-29-22(14-18)24-16-19-6-4-5-7-23(19)34-24/h4-9,14-16,30H,10-13H2,1-3H3. The van der Waals surface area contributed by atoms with Gasteiger partial charge in [-0.25, -0.2) is 4.79 Å². The Labute approximate surface area is 203 Å². The van der Waals surface area contributed by atoms with E-state index in [9.17, 15) is 10.1 Å². The van der Waals surface area contributed by atoms with Crippen LogP contribution in [0.25, 0.3) is 33.7 Å². The van der Waals surface area contributed by atoms with Crippen molar-refractivity contribution in [1.82, 2.24) is 14.9 Å². The number of aromatic amines is 1. The lowest BCUT2D eigenvalue weighted by atomic mass is 10.1. The molecule has 0 unspecified atom stereocenters. The maximum atomic E-state index is 12.4. The van der Waals surface area contributed by atoms with Gasteiger partial charge in [-0.1, -0.05) is 18.2 Å². The van der Waals surface area contributed by atoms with Gasteiger partial charge in [-0.2, -0.15) is 5.26 Å². The number of carbonyl (C=O) groups is 1. The third-order valence-corrected chi connectivity index (χ3v) is 5.91. The van der Waals surface area contributed by atoms with Gasteiger partial charge in [0.2, 0.25) is 0 Å². The first-order chi connectivity index (χ1) is 16.8. The molecule has 35 heavy (non-hydrogen) atoms. The van der Waals surface area contributed by atoms with Gasteiger partial charge in [0, 0.05) is 49.0 Å². The van der Waals surface area contributed by atoms with Crippen molar-refractivity contribution in [1.29, 1.82) is 5.26 Å². The summed E-state index contributed by atoms with van der Waals surface area (Å²) >= 11 is 0. The molecule has 4 heterocycles. The zero-order chi connectivity index (χ0) is 24.6. The lowest BCUT2D eigenvalue weighted by molar-refractivity contribution is 0.0240. The van der Waals surface area contributed by atoms with E-state index in [1.54, 1.807) is 11.1 Å². The second-order valence-electron chi connectivity index (χ2n) is 9.59. The summed E-state index contributed by atoms with van der Waals surface area (Å²) in [6.07, 6.45) is 1.43. The van der Waals surface area contributed by atoms with Crippen molar-refractivity contribution >= 4 is 22.9 Å². The molecule has 0 atom stereocenters. The summed E-state index contributed by atoms with van der Waals surface area (Å²) in [5.74, 6) is 1.45. The summed E-state index contributed by atoms with van der Waals surface area (Å²) in [5.41, 5.74) is 3.31. The van der Waals surface area contributed by atoms with Crippen molar-refractivity contribution in [3.05, 3.63) is 60.3 Å². The molecule has 0 radical (unpaired) electrons. The van der Waals surface area contributed by atoms with Crippen LogP contribution in [0.3, 0.4) is 0 Å². The molecule has 178 valence electrons. The number of para-hydroxylation sites is 1. The van der Waals surface area contributed by atoms with Crippen LogP contribution in [0, 0.1) is 11.3 Å². The van der Waals surface area contributed by atoms with Crippen LogP contribution in [0.15, 0.2) is 59.1 Å². The number of ether oxygens (including phenoxy) is 1. The SMILES string of the molecule is CC(C)(C)OC(=O)N1CCN(c2[nH]c(-c3ccnc(-c4cc5ccccc5o4)c3)cc2C#N)CC1. The van der Waals surface area contributed by atoms with Crippen LogP contribution < -0.4 is 4.90 Å². The number of furan rings is 1. The van der Waals surface area contributed by atoms with E-state index in [1.807, 2.05) is 69.3 Å².